The molecule has 0 unspecified atom stereocenters. The monoisotopic (exact) mass is 406 g/mol. The number of hydrogen-bond donors (Lipinski definition) is 2. The van der Waals surface area contributed by atoms with Crippen LogP contribution in [0.3, 0.4) is 0 Å². The van der Waals surface area contributed by atoms with Crippen LogP contribution in [0.2, 0.25) is 0 Å². The first-order valence-corrected chi connectivity index (χ1v) is 10.3. The van der Waals surface area contributed by atoms with E-state index >= 15 is 0 Å². The lowest BCUT2D eigenvalue weighted by Crippen LogP contribution is -2.51. The minimum atomic E-state index is -4.40. The highest BCUT2D eigenvalue weighted by Gasteiger charge is 2.45. The molecule has 3 N–H and O–H groups in total. The van der Waals surface area contributed by atoms with Crippen molar-refractivity contribution < 1.29 is 30.9 Å². The van der Waals surface area contributed by atoms with Crippen molar-refractivity contribution in [3.8, 4) is 0 Å². The molecule has 2 aliphatic rings. The number of halogens is 3. The second-order valence-electron chi connectivity index (χ2n) is 7.37. The van der Waals surface area contributed by atoms with E-state index in [2.05, 4.69) is 0 Å². The van der Waals surface area contributed by atoms with E-state index in [1.807, 2.05) is 0 Å². The predicted octanol–water partition coefficient (Wildman–Crippen LogP) is 1.63. The van der Waals surface area contributed by atoms with Crippen LogP contribution in [0.5, 0.6) is 0 Å². The number of fused-ring (bicyclic) bond motifs is 2. The first kappa shape index (κ1) is 20.1. The Labute approximate surface area is 155 Å². The zero-order valence-electron chi connectivity index (χ0n) is 14.4. The quantitative estimate of drug-likeness (QED) is 0.572. The molecule has 4 atom stereocenters. The Morgan fingerprint density at radius 1 is 1.15 bits per heavy atom. The molecule has 1 aromatic carbocycles. The molecule has 3 rings (SSSR count). The molecule has 2 saturated heterocycles. The topological polar surface area (TPSA) is 101 Å². The molecule has 0 aliphatic carbocycles. The van der Waals surface area contributed by atoms with Gasteiger partial charge in [-0.2, -0.15) is 8.42 Å². The van der Waals surface area contributed by atoms with Crippen molar-refractivity contribution in [1.29, 1.82) is 0 Å². The van der Waals surface area contributed by atoms with Gasteiger partial charge in [-0.3, -0.25) is 9.35 Å². The summed E-state index contributed by atoms with van der Waals surface area (Å²) in [5.74, 6) is -4.89. The SMILES string of the molecule is N[C@H](Cc1cc(F)c(F)cc1F)[C@@H]1C[C@H]2CC[C@@H](C1)N2C(=O)CS(=O)(=O)O. The van der Waals surface area contributed by atoms with Crippen molar-refractivity contribution in [2.24, 2.45) is 11.7 Å². The molecular weight excluding hydrogens is 385 g/mol. The van der Waals surface area contributed by atoms with Gasteiger partial charge in [-0.15, -0.1) is 0 Å². The number of carbonyl (C=O) groups excluding carboxylic acids is 1. The molecule has 2 bridgehead atoms. The zero-order valence-corrected chi connectivity index (χ0v) is 15.3. The van der Waals surface area contributed by atoms with Gasteiger partial charge in [0, 0.05) is 24.2 Å². The normalized spacial score (nSPS) is 26.3. The van der Waals surface area contributed by atoms with E-state index in [1.54, 1.807) is 0 Å². The number of benzene rings is 1. The molecule has 2 fully saturated rings. The van der Waals surface area contributed by atoms with Crippen LogP contribution in [0.25, 0.3) is 0 Å². The number of nitrogens with zero attached hydrogens (tertiary/aromatic N) is 1. The van der Waals surface area contributed by atoms with Gasteiger partial charge in [0.2, 0.25) is 5.91 Å². The van der Waals surface area contributed by atoms with Crippen molar-refractivity contribution in [2.75, 3.05) is 5.75 Å². The van der Waals surface area contributed by atoms with Gasteiger partial charge in [-0.25, -0.2) is 13.2 Å². The van der Waals surface area contributed by atoms with Crippen LogP contribution in [0, 0.1) is 23.4 Å². The van der Waals surface area contributed by atoms with E-state index < -0.39 is 45.3 Å². The molecular formula is C17H21F3N2O4S. The smallest absolute Gasteiger partial charge is 0.274 e. The molecule has 6 nitrogen and oxygen atoms in total. The van der Waals surface area contributed by atoms with Crippen LogP contribution in [0.15, 0.2) is 12.1 Å². The fourth-order valence-electron chi connectivity index (χ4n) is 4.35. The van der Waals surface area contributed by atoms with Crippen molar-refractivity contribution in [3.05, 3.63) is 35.1 Å². The highest BCUT2D eigenvalue weighted by atomic mass is 32.2. The van der Waals surface area contributed by atoms with E-state index in [9.17, 15) is 26.4 Å². The number of amides is 1. The second kappa shape index (κ2) is 7.40. The van der Waals surface area contributed by atoms with Crippen LogP contribution < -0.4 is 5.73 Å². The van der Waals surface area contributed by atoms with Crippen molar-refractivity contribution >= 4 is 16.0 Å². The summed E-state index contributed by atoms with van der Waals surface area (Å²) in [5, 5.41) is 0. The molecule has 0 aromatic heterocycles. The van der Waals surface area contributed by atoms with Crippen LogP contribution in [0.4, 0.5) is 13.2 Å². The van der Waals surface area contributed by atoms with Gasteiger partial charge in [0.1, 0.15) is 5.82 Å². The van der Waals surface area contributed by atoms with Gasteiger partial charge in [0.15, 0.2) is 17.4 Å². The minimum absolute atomic E-state index is 0.00127. The summed E-state index contributed by atoms with van der Waals surface area (Å²) < 4.78 is 71.1. The Balaban J connectivity index is 1.67. The summed E-state index contributed by atoms with van der Waals surface area (Å²) in [4.78, 5) is 13.7. The van der Waals surface area contributed by atoms with E-state index in [0.29, 0.717) is 31.7 Å². The van der Waals surface area contributed by atoms with E-state index in [4.69, 9.17) is 10.3 Å². The number of nitrogens with two attached hydrogens (primary N) is 1. The third kappa shape index (κ3) is 4.44. The van der Waals surface area contributed by atoms with E-state index in [0.717, 1.165) is 6.07 Å². The summed E-state index contributed by atoms with van der Waals surface area (Å²) in [6, 6.07) is 0.417. The Bertz CT molecular complexity index is 835. The fraction of sp³-hybridized carbons (Fsp3) is 0.588. The maximum absolute atomic E-state index is 13.9. The molecule has 0 radical (unpaired) electrons. The molecule has 150 valence electrons. The first-order chi connectivity index (χ1) is 12.5. The Hall–Kier alpha value is -1.65. The molecule has 10 heteroatoms. The maximum Gasteiger partial charge on any atom is 0.274 e. The average Bonchev–Trinajstić information content (AvgIpc) is 2.81. The number of rotatable bonds is 5. The summed E-state index contributed by atoms with van der Waals surface area (Å²) in [7, 11) is -4.40. The number of hydrogen-bond acceptors (Lipinski definition) is 4. The van der Waals surface area contributed by atoms with Gasteiger partial charge in [0.25, 0.3) is 10.1 Å². The predicted molar refractivity (Wildman–Crippen MR) is 90.8 cm³/mol. The summed E-state index contributed by atoms with van der Waals surface area (Å²) >= 11 is 0. The number of carbonyl (C=O) groups is 1. The third-order valence-electron chi connectivity index (χ3n) is 5.51. The molecule has 2 heterocycles. The summed E-state index contributed by atoms with van der Waals surface area (Å²) in [6.45, 7) is 0. The van der Waals surface area contributed by atoms with Crippen LogP contribution in [-0.4, -0.2) is 47.7 Å². The number of piperidine rings is 1. The Morgan fingerprint density at radius 2 is 1.70 bits per heavy atom. The third-order valence-corrected chi connectivity index (χ3v) is 6.13. The Kier molecular flexibility index (Phi) is 5.51. The second-order valence-corrected chi connectivity index (χ2v) is 8.82. The average molecular weight is 406 g/mol. The minimum Gasteiger partial charge on any atom is -0.336 e. The standard InChI is InChI=1S/C17H21F3N2O4S/c18-13-7-15(20)14(19)5-9(13)6-16(21)10-3-11-1-2-12(4-10)22(11)17(23)8-27(24,25)26/h5,7,10-12,16H,1-4,6,8,21H2,(H,24,25,26)/t10-,11-,12+,16-/m1/s1. The lowest BCUT2D eigenvalue weighted by atomic mass is 9.82. The van der Waals surface area contributed by atoms with Gasteiger partial charge >= 0.3 is 0 Å². The molecule has 0 spiro atoms. The van der Waals surface area contributed by atoms with E-state index in [1.165, 1.54) is 4.90 Å². The molecule has 27 heavy (non-hydrogen) atoms. The van der Waals surface area contributed by atoms with Gasteiger partial charge in [-0.1, -0.05) is 0 Å². The highest BCUT2D eigenvalue weighted by Crippen LogP contribution is 2.40. The van der Waals surface area contributed by atoms with Crippen LogP contribution in [0.1, 0.15) is 31.2 Å². The Morgan fingerprint density at radius 3 is 2.26 bits per heavy atom. The van der Waals surface area contributed by atoms with Crippen molar-refractivity contribution in [3.63, 3.8) is 0 Å². The lowest BCUT2D eigenvalue weighted by molar-refractivity contribution is -0.133. The summed E-state index contributed by atoms with van der Waals surface area (Å²) in [5.41, 5.74) is 6.19. The van der Waals surface area contributed by atoms with Crippen LogP contribution >= 0.6 is 0 Å². The maximum atomic E-state index is 13.9. The largest absolute Gasteiger partial charge is 0.336 e. The lowest BCUT2D eigenvalue weighted by Gasteiger charge is -2.41. The highest BCUT2D eigenvalue weighted by molar-refractivity contribution is 7.86. The molecule has 2 aliphatic heterocycles. The van der Waals surface area contributed by atoms with Gasteiger partial charge < -0.3 is 10.6 Å². The van der Waals surface area contributed by atoms with E-state index in [-0.39, 0.29) is 30.0 Å². The summed E-state index contributed by atoms with van der Waals surface area (Å²) in [6.07, 6.45) is 2.46. The first-order valence-electron chi connectivity index (χ1n) is 8.70. The molecule has 1 amide bonds. The molecule has 1 aromatic rings. The van der Waals surface area contributed by atoms with Crippen molar-refractivity contribution in [2.45, 2.75) is 50.2 Å². The van der Waals surface area contributed by atoms with Crippen molar-refractivity contribution in [1.82, 2.24) is 4.90 Å². The zero-order chi connectivity index (χ0) is 19.9. The van der Waals surface area contributed by atoms with Gasteiger partial charge in [-0.05, 0) is 49.7 Å². The fourth-order valence-corrected chi connectivity index (χ4v) is 4.81. The van der Waals surface area contributed by atoms with Crippen LogP contribution in [-0.2, 0) is 21.3 Å². The van der Waals surface area contributed by atoms with Gasteiger partial charge in [0.05, 0.1) is 0 Å². The molecule has 0 saturated carbocycles.